The Kier molecular flexibility index (Phi) is 5.76. The Morgan fingerprint density at radius 1 is 1.07 bits per heavy atom. The summed E-state index contributed by atoms with van der Waals surface area (Å²) in [5, 5.41) is 14.7. The summed E-state index contributed by atoms with van der Waals surface area (Å²) >= 11 is 0. The molecule has 0 saturated heterocycles. The second-order valence-corrected chi connectivity index (χ2v) is 5.98. The van der Waals surface area contributed by atoms with E-state index in [1.807, 2.05) is 47.2 Å². The van der Waals surface area contributed by atoms with Gasteiger partial charge in [0, 0.05) is 18.2 Å². The summed E-state index contributed by atoms with van der Waals surface area (Å²) in [6.07, 6.45) is 4.65. The summed E-state index contributed by atoms with van der Waals surface area (Å²) < 4.78 is 12.5. The number of phenols is 1. The van der Waals surface area contributed by atoms with Crippen molar-refractivity contribution in [3.63, 3.8) is 0 Å². The van der Waals surface area contributed by atoms with Gasteiger partial charge in [0.15, 0.2) is 11.6 Å². The number of phenolic OH excluding ortho intramolecular Hbond substituents is 1. The zero-order valence-electron chi connectivity index (χ0n) is 15.7. The molecule has 140 valence electrons. The largest absolute Gasteiger partial charge is 0.507 e. The van der Waals surface area contributed by atoms with Crippen molar-refractivity contribution in [2.75, 3.05) is 14.2 Å². The van der Waals surface area contributed by atoms with E-state index in [1.54, 1.807) is 26.4 Å². The van der Waals surface area contributed by atoms with E-state index in [0.29, 0.717) is 23.0 Å². The van der Waals surface area contributed by atoms with Crippen LogP contribution in [-0.2, 0) is 6.54 Å². The van der Waals surface area contributed by atoms with Crippen molar-refractivity contribution in [3.05, 3.63) is 53.9 Å². The van der Waals surface area contributed by atoms with Gasteiger partial charge < -0.3 is 14.6 Å². The van der Waals surface area contributed by atoms with Crippen LogP contribution >= 0.6 is 0 Å². The van der Waals surface area contributed by atoms with Gasteiger partial charge in [-0.1, -0.05) is 19.1 Å². The lowest BCUT2D eigenvalue weighted by Gasteiger charge is -2.06. The Bertz CT molecular complexity index is 948. The van der Waals surface area contributed by atoms with Crippen LogP contribution < -0.4 is 9.47 Å². The van der Waals surface area contributed by atoms with E-state index in [1.165, 1.54) is 0 Å². The van der Waals surface area contributed by atoms with Gasteiger partial charge in [-0.3, -0.25) is 0 Å². The lowest BCUT2D eigenvalue weighted by Crippen LogP contribution is -2.02. The highest BCUT2D eigenvalue weighted by atomic mass is 16.5. The molecule has 1 heterocycles. The fourth-order valence-electron chi connectivity index (χ4n) is 2.78. The minimum Gasteiger partial charge on any atom is -0.507 e. The van der Waals surface area contributed by atoms with Crippen molar-refractivity contribution in [2.45, 2.75) is 19.9 Å². The standard InChI is InChI=1S/C21H23N3O3/c1-4-13-24-21(17-7-5-6-8-18(17)25)22-20(23-24)12-10-15-9-11-16(26-2)14-19(15)27-3/h5-12,14,25H,4,13H2,1-3H3/b12-10+. The van der Waals surface area contributed by atoms with E-state index in [0.717, 1.165) is 24.3 Å². The highest BCUT2D eigenvalue weighted by Gasteiger charge is 2.13. The topological polar surface area (TPSA) is 69.4 Å². The van der Waals surface area contributed by atoms with Crippen LogP contribution in [0.4, 0.5) is 0 Å². The normalized spacial score (nSPS) is 11.1. The van der Waals surface area contributed by atoms with Crippen LogP contribution in [0.3, 0.4) is 0 Å². The van der Waals surface area contributed by atoms with Gasteiger partial charge in [0.05, 0.1) is 19.8 Å². The first-order valence-corrected chi connectivity index (χ1v) is 8.79. The van der Waals surface area contributed by atoms with Crippen LogP contribution in [0.1, 0.15) is 24.7 Å². The van der Waals surface area contributed by atoms with Crippen LogP contribution in [0.15, 0.2) is 42.5 Å². The van der Waals surface area contributed by atoms with Crippen LogP contribution in [-0.4, -0.2) is 34.1 Å². The number of nitrogens with zero attached hydrogens (tertiary/aromatic N) is 3. The zero-order valence-corrected chi connectivity index (χ0v) is 15.7. The maximum absolute atomic E-state index is 10.2. The molecule has 0 fully saturated rings. The fourth-order valence-corrected chi connectivity index (χ4v) is 2.78. The molecule has 1 aromatic heterocycles. The number of para-hydroxylation sites is 1. The minimum absolute atomic E-state index is 0.189. The molecule has 6 nitrogen and oxygen atoms in total. The van der Waals surface area contributed by atoms with Crippen molar-refractivity contribution in [1.29, 1.82) is 0 Å². The second kappa shape index (κ2) is 8.40. The Morgan fingerprint density at radius 3 is 2.59 bits per heavy atom. The minimum atomic E-state index is 0.189. The number of hydrogen-bond acceptors (Lipinski definition) is 5. The highest BCUT2D eigenvalue weighted by molar-refractivity contribution is 5.72. The lowest BCUT2D eigenvalue weighted by atomic mass is 10.1. The number of aromatic hydroxyl groups is 1. The first-order valence-electron chi connectivity index (χ1n) is 8.79. The van der Waals surface area contributed by atoms with Gasteiger partial charge in [-0.25, -0.2) is 9.67 Å². The summed E-state index contributed by atoms with van der Waals surface area (Å²) in [7, 11) is 3.24. The molecule has 2 aromatic carbocycles. The van der Waals surface area contributed by atoms with Gasteiger partial charge in [0.1, 0.15) is 17.2 Å². The predicted molar refractivity (Wildman–Crippen MR) is 106 cm³/mol. The molecular weight excluding hydrogens is 342 g/mol. The Hall–Kier alpha value is -3.28. The van der Waals surface area contributed by atoms with Crippen LogP contribution in [0.5, 0.6) is 17.2 Å². The maximum Gasteiger partial charge on any atom is 0.174 e. The maximum atomic E-state index is 10.2. The number of hydrogen-bond donors (Lipinski definition) is 1. The third kappa shape index (κ3) is 4.11. The first kappa shape index (κ1) is 18.5. The van der Waals surface area contributed by atoms with Crippen molar-refractivity contribution in [1.82, 2.24) is 14.8 Å². The van der Waals surface area contributed by atoms with Gasteiger partial charge in [-0.15, -0.1) is 0 Å². The molecule has 0 amide bonds. The molecule has 0 aliphatic heterocycles. The Labute approximate surface area is 158 Å². The molecule has 0 aliphatic rings. The molecule has 0 aliphatic carbocycles. The molecule has 0 spiro atoms. The van der Waals surface area contributed by atoms with E-state index in [-0.39, 0.29) is 5.75 Å². The third-order valence-corrected chi connectivity index (χ3v) is 4.12. The fraction of sp³-hybridized carbons (Fsp3) is 0.238. The van der Waals surface area contributed by atoms with Crippen molar-refractivity contribution >= 4 is 12.2 Å². The molecule has 0 saturated carbocycles. The summed E-state index contributed by atoms with van der Waals surface area (Å²) in [6.45, 7) is 2.80. The predicted octanol–water partition coefficient (Wildman–Crippen LogP) is 4.25. The SMILES string of the molecule is CCCn1nc(/C=C/c2ccc(OC)cc2OC)nc1-c1ccccc1O. The number of methoxy groups -OCH3 is 2. The number of rotatable bonds is 7. The van der Waals surface area contributed by atoms with Crippen molar-refractivity contribution < 1.29 is 14.6 Å². The molecule has 1 N–H and O–H groups in total. The zero-order chi connectivity index (χ0) is 19.2. The monoisotopic (exact) mass is 365 g/mol. The van der Waals surface area contributed by atoms with Gasteiger partial charge >= 0.3 is 0 Å². The van der Waals surface area contributed by atoms with E-state index < -0.39 is 0 Å². The van der Waals surface area contributed by atoms with E-state index in [4.69, 9.17) is 9.47 Å². The van der Waals surface area contributed by atoms with Crippen molar-refractivity contribution in [3.8, 4) is 28.6 Å². The molecule has 0 unspecified atom stereocenters. The number of ether oxygens (including phenoxy) is 2. The van der Waals surface area contributed by atoms with Gasteiger partial charge in [0.2, 0.25) is 0 Å². The molecule has 0 radical (unpaired) electrons. The number of aromatic nitrogens is 3. The number of benzene rings is 2. The van der Waals surface area contributed by atoms with Crippen molar-refractivity contribution in [2.24, 2.45) is 0 Å². The second-order valence-electron chi connectivity index (χ2n) is 5.98. The summed E-state index contributed by atoms with van der Waals surface area (Å²) in [4.78, 5) is 4.60. The summed E-state index contributed by atoms with van der Waals surface area (Å²) in [5.74, 6) is 2.85. The summed E-state index contributed by atoms with van der Waals surface area (Å²) in [5.41, 5.74) is 1.56. The van der Waals surface area contributed by atoms with Gasteiger partial charge in [-0.05, 0) is 42.8 Å². The molecular formula is C21H23N3O3. The van der Waals surface area contributed by atoms with Crippen LogP contribution in [0.25, 0.3) is 23.5 Å². The van der Waals surface area contributed by atoms with Gasteiger partial charge in [0.25, 0.3) is 0 Å². The quantitative estimate of drug-likeness (QED) is 0.678. The molecule has 6 heteroatoms. The molecule has 27 heavy (non-hydrogen) atoms. The van der Waals surface area contributed by atoms with Crippen LogP contribution in [0, 0.1) is 0 Å². The molecule has 0 bridgehead atoms. The van der Waals surface area contributed by atoms with Crippen LogP contribution in [0.2, 0.25) is 0 Å². The number of aryl methyl sites for hydroxylation is 1. The van der Waals surface area contributed by atoms with E-state index in [9.17, 15) is 5.11 Å². The Balaban J connectivity index is 1.95. The molecule has 0 atom stereocenters. The van der Waals surface area contributed by atoms with E-state index >= 15 is 0 Å². The third-order valence-electron chi connectivity index (χ3n) is 4.12. The average molecular weight is 365 g/mol. The van der Waals surface area contributed by atoms with Gasteiger partial charge in [-0.2, -0.15) is 5.10 Å². The Morgan fingerprint density at radius 2 is 1.89 bits per heavy atom. The highest BCUT2D eigenvalue weighted by Crippen LogP contribution is 2.29. The average Bonchev–Trinajstić information content (AvgIpc) is 3.09. The summed E-state index contributed by atoms with van der Waals surface area (Å²) in [6, 6.07) is 12.8. The lowest BCUT2D eigenvalue weighted by molar-refractivity contribution is 0.394. The van der Waals surface area contributed by atoms with E-state index in [2.05, 4.69) is 17.0 Å². The first-order chi connectivity index (χ1) is 13.2. The smallest absolute Gasteiger partial charge is 0.174 e. The molecule has 3 rings (SSSR count). The molecule has 3 aromatic rings.